The van der Waals surface area contributed by atoms with Gasteiger partial charge in [0, 0.05) is 19.6 Å². The van der Waals surface area contributed by atoms with Crippen LogP contribution in [0, 0.1) is 0 Å². The summed E-state index contributed by atoms with van der Waals surface area (Å²) < 4.78 is 27.9. The highest BCUT2D eigenvalue weighted by molar-refractivity contribution is 7.89. The summed E-state index contributed by atoms with van der Waals surface area (Å²) in [5.41, 5.74) is 0.674. The van der Waals surface area contributed by atoms with E-state index in [1.54, 1.807) is 0 Å². The Labute approximate surface area is 157 Å². The third kappa shape index (κ3) is 3.61. The van der Waals surface area contributed by atoms with Crippen molar-refractivity contribution < 1.29 is 18.3 Å². The fraction of sp³-hybridized carbons (Fsp3) is 0.278. The summed E-state index contributed by atoms with van der Waals surface area (Å²) in [6, 6.07) is 12.9. The molecule has 8 heteroatoms. The summed E-state index contributed by atoms with van der Waals surface area (Å²) in [7, 11) is -1.92. The lowest BCUT2D eigenvalue weighted by Crippen LogP contribution is -2.49. The predicted octanol–water partition coefficient (Wildman–Crippen LogP) is 2.72. The second kappa shape index (κ2) is 7.36. The average molecular weight is 395 g/mol. The first-order chi connectivity index (χ1) is 12.3. The average Bonchev–Trinajstić information content (AvgIpc) is 2.62. The van der Waals surface area contributed by atoms with E-state index < -0.39 is 16.0 Å². The number of sulfonamides is 1. The highest BCUT2D eigenvalue weighted by atomic mass is 35.5. The van der Waals surface area contributed by atoms with Crippen molar-refractivity contribution in [1.29, 1.82) is 0 Å². The third-order valence-corrected chi connectivity index (χ3v) is 6.73. The molecule has 1 saturated heterocycles. The molecule has 3 rings (SSSR count). The Balaban J connectivity index is 2.04. The lowest BCUT2D eigenvalue weighted by atomic mass is 10.1. The molecular formula is C18H19ClN2O4S. The summed E-state index contributed by atoms with van der Waals surface area (Å²) >= 11 is 5.87. The van der Waals surface area contributed by atoms with Crippen LogP contribution in [0.15, 0.2) is 53.4 Å². The Bertz CT molecular complexity index is 918. The van der Waals surface area contributed by atoms with E-state index in [4.69, 9.17) is 11.6 Å². The molecule has 0 amide bonds. The van der Waals surface area contributed by atoms with Gasteiger partial charge in [0.15, 0.2) is 0 Å². The molecule has 1 heterocycles. The molecule has 0 saturated carbocycles. The largest absolute Gasteiger partial charge is 0.478 e. The Morgan fingerprint density at radius 1 is 1.15 bits per heavy atom. The molecule has 2 aromatic carbocycles. The van der Waals surface area contributed by atoms with E-state index in [9.17, 15) is 18.3 Å². The van der Waals surface area contributed by atoms with Crippen molar-refractivity contribution in [3.8, 4) is 0 Å². The molecule has 1 fully saturated rings. The minimum Gasteiger partial charge on any atom is -0.478 e. The first-order valence-electron chi connectivity index (χ1n) is 8.09. The quantitative estimate of drug-likeness (QED) is 0.862. The van der Waals surface area contributed by atoms with Gasteiger partial charge in [0.25, 0.3) is 0 Å². The third-order valence-electron chi connectivity index (χ3n) is 4.49. The molecule has 0 unspecified atom stereocenters. The summed E-state index contributed by atoms with van der Waals surface area (Å²) in [6.45, 7) is 1.48. The van der Waals surface area contributed by atoms with Crippen LogP contribution in [0.5, 0.6) is 0 Å². The lowest BCUT2D eigenvalue weighted by molar-refractivity contribution is 0.0697. The van der Waals surface area contributed by atoms with Gasteiger partial charge in [-0.1, -0.05) is 41.9 Å². The Morgan fingerprint density at radius 3 is 2.50 bits per heavy atom. The maximum absolute atomic E-state index is 13.2. The first kappa shape index (κ1) is 18.8. The molecule has 0 spiro atoms. The highest BCUT2D eigenvalue weighted by Gasteiger charge is 2.36. The zero-order valence-electron chi connectivity index (χ0n) is 14.2. The second-order valence-corrected chi connectivity index (χ2v) is 8.55. The smallest absolute Gasteiger partial charge is 0.337 e. The number of piperazine rings is 1. The number of likely N-dealkylation sites (N-methyl/N-ethyl adjacent to an activating group) is 1. The van der Waals surface area contributed by atoms with Crippen LogP contribution in [0.3, 0.4) is 0 Å². The van der Waals surface area contributed by atoms with Gasteiger partial charge in [-0.15, -0.1) is 0 Å². The number of hydrogen-bond donors (Lipinski definition) is 1. The van der Waals surface area contributed by atoms with Gasteiger partial charge in [0.2, 0.25) is 10.0 Å². The molecule has 1 aliphatic heterocycles. The van der Waals surface area contributed by atoms with Crippen molar-refractivity contribution in [2.45, 2.75) is 10.9 Å². The van der Waals surface area contributed by atoms with Crippen LogP contribution in [-0.4, -0.2) is 55.4 Å². The van der Waals surface area contributed by atoms with Gasteiger partial charge < -0.3 is 10.0 Å². The number of rotatable bonds is 4. The van der Waals surface area contributed by atoms with Crippen LogP contribution in [-0.2, 0) is 10.0 Å². The van der Waals surface area contributed by atoms with Gasteiger partial charge >= 0.3 is 5.97 Å². The predicted molar refractivity (Wildman–Crippen MR) is 99.0 cm³/mol. The van der Waals surface area contributed by atoms with Gasteiger partial charge in [-0.05, 0) is 30.8 Å². The van der Waals surface area contributed by atoms with E-state index in [0.717, 1.165) is 11.6 Å². The minimum atomic E-state index is -3.87. The van der Waals surface area contributed by atoms with Crippen LogP contribution in [0.1, 0.15) is 22.0 Å². The van der Waals surface area contributed by atoms with Crippen LogP contribution in [0.4, 0.5) is 0 Å². The van der Waals surface area contributed by atoms with E-state index in [1.807, 2.05) is 37.4 Å². The fourth-order valence-corrected chi connectivity index (χ4v) is 4.92. The molecule has 2 aromatic rings. The Hall–Kier alpha value is -1.93. The van der Waals surface area contributed by atoms with Crippen molar-refractivity contribution in [2.24, 2.45) is 0 Å². The standard InChI is InChI=1S/C18H19ClN2O4S/c1-20-9-10-21(17(12-20)13-5-3-2-4-6-13)26(24,25)14-7-8-16(19)15(11-14)18(22)23/h2-8,11,17H,9-10,12H2,1H3,(H,22,23)/t17-/m0/s1. The molecule has 1 atom stereocenters. The maximum Gasteiger partial charge on any atom is 0.337 e. The molecule has 1 aliphatic rings. The van der Waals surface area contributed by atoms with Crippen LogP contribution >= 0.6 is 11.6 Å². The number of hydrogen-bond acceptors (Lipinski definition) is 4. The molecule has 6 nitrogen and oxygen atoms in total. The molecule has 0 radical (unpaired) electrons. The normalized spacial score (nSPS) is 19.4. The van der Waals surface area contributed by atoms with Gasteiger partial charge in [0.1, 0.15) is 0 Å². The highest BCUT2D eigenvalue weighted by Crippen LogP contribution is 2.32. The number of aromatic carboxylic acids is 1. The summed E-state index contributed by atoms with van der Waals surface area (Å²) in [5.74, 6) is -1.26. The lowest BCUT2D eigenvalue weighted by Gasteiger charge is -2.39. The topological polar surface area (TPSA) is 77.9 Å². The van der Waals surface area contributed by atoms with Gasteiger partial charge in [-0.25, -0.2) is 13.2 Å². The van der Waals surface area contributed by atoms with E-state index in [0.29, 0.717) is 19.6 Å². The second-order valence-electron chi connectivity index (χ2n) is 6.25. The van der Waals surface area contributed by atoms with Crippen molar-refractivity contribution in [3.63, 3.8) is 0 Å². The van der Waals surface area contributed by atoms with E-state index in [-0.39, 0.29) is 21.5 Å². The van der Waals surface area contributed by atoms with Crippen molar-refractivity contribution in [3.05, 3.63) is 64.7 Å². The van der Waals surface area contributed by atoms with E-state index in [2.05, 4.69) is 4.90 Å². The molecule has 26 heavy (non-hydrogen) atoms. The fourth-order valence-electron chi connectivity index (χ4n) is 3.10. The molecular weight excluding hydrogens is 376 g/mol. The maximum atomic E-state index is 13.2. The zero-order valence-corrected chi connectivity index (χ0v) is 15.7. The Morgan fingerprint density at radius 2 is 1.85 bits per heavy atom. The van der Waals surface area contributed by atoms with Crippen LogP contribution < -0.4 is 0 Å². The molecule has 0 aliphatic carbocycles. The number of carboxylic acids is 1. The van der Waals surface area contributed by atoms with Crippen molar-refractivity contribution in [2.75, 3.05) is 26.7 Å². The number of halogens is 1. The Kier molecular flexibility index (Phi) is 5.34. The monoisotopic (exact) mass is 394 g/mol. The summed E-state index contributed by atoms with van der Waals surface area (Å²) in [6.07, 6.45) is 0. The number of carbonyl (C=O) groups is 1. The van der Waals surface area contributed by atoms with Crippen molar-refractivity contribution in [1.82, 2.24) is 9.21 Å². The number of nitrogens with zero attached hydrogens (tertiary/aromatic N) is 2. The first-order valence-corrected chi connectivity index (χ1v) is 9.90. The van der Waals surface area contributed by atoms with E-state index in [1.165, 1.54) is 16.4 Å². The zero-order chi connectivity index (χ0) is 18.9. The van der Waals surface area contributed by atoms with Gasteiger partial charge in [-0.2, -0.15) is 4.31 Å². The van der Waals surface area contributed by atoms with Crippen LogP contribution in [0.25, 0.3) is 0 Å². The SMILES string of the molecule is CN1CCN(S(=O)(=O)c2ccc(Cl)c(C(=O)O)c2)[C@H](c2ccccc2)C1. The van der Waals surface area contributed by atoms with E-state index >= 15 is 0 Å². The molecule has 0 aromatic heterocycles. The molecule has 1 N–H and O–H groups in total. The molecule has 138 valence electrons. The van der Waals surface area contributed by atoms with Crippen molar-refractivity contribution >= 4 is 27.6 Å². The minimum absolute atomic E-state index is 0.00874. The number of carboxylic acid groups (broad SMARTS) is 1. The summed E-state index contributed by atoms with van der Waals surface area (Å²) in [4.78, 5) is 13.3. The van der Waals surface area contributed by atoms with Crippen LogP contribution in [0.2, 0.25) is 5.02 Å². The number of benzene rings is 2. The summed E-state index contributed by atoms with van der Waals surface area (Å²) in [5, 5.41) is 9.24. The van der Waals surface area contributed by atoms with Gasteiger partial charge in [0.05, 0.1) is 21.5 Å². The molecule has 0 bridgehead atoms. The van der Waals surface area contributed by atoms with Gasteiger partial charge in [-0.3, -0.25) is 0 Å².